The maximum atomic E-state index is 6.00. The van der Waals surface area contributed by atoms with Gasteiger partial charge in [0.1, 0.15) is 5.75 Å². The quantitative estimate of drug-likeness (QED) is 0.804. The van der Waals surface area contributed by atoms with Crippen LogP contribution in [0.5, 0.6) is 5.75 Å². The second-order valence-corrected chi connectivity index (χ2v) is 5.27. The zero-order valence-electron chi connectivity index (χ0n) is 12.3. The van der Waals surface area contributed by atoms with Gasteiger partial charge < -0.3 is 10.5 Å². The Balaban J connectivity index is 1.88. The van der Waals surface area contributed by atoms with Gasteiger partial charge >= 0.3 is 0 Å². The van der Waals surface area contributed by atoms with Gasteiger partial charge in [-0.1, -0.05) is 48.0 Å². The minimum absolute atomic E-state index is 0.000904. The molecule has 2 N–H and O–H groups in total. The van der Waals surface area contributed by atoms with Crippen molar-refractivity contribution in [3.8, 4) is 5.75 Å². The largest absolute Gasteiger partial charge is 0.493 e. The molecule has 106 valence electrons. The fourth-order valence-electron chi connectivity index (χ4n) is 2.26. The molecule has 0 aliphatic heterocycles. The van der Waals surface area contributed by atoms with E-state index in [0.717, 1.165) is 30.8 Å². The van der Waals surface area contributed by atoms with Gasteiger partial charge in [0.25, 0.3) is 0 Å². The number of ether oxygens (including phenoxy) is 1. The van der Waals surface area contributed by atoms with Crippen molar-refractivity contribution in [3.05, 3.63) is 65.2 Å². The van der Waals surface area contributed by atoms with Gasteiger partial charge in [-0.2, -0.15) is 0 Å². The van der Waals surface area contributed by atoms with Crippen LogP contribution in [0.2, 0.25) is 0 Å². The number of benzene rings is 2. The molecular weight excluding hydrogens is 246 g/mol. The Kier molecular flexibility index (Phi) is 5.19. The summed E-state index contributed by atoms with van der Waals surface area (Å²) in [6.07, 6.45) is 2.05. The lowest BCUT2D eigenvalue weighted by atomic mass is 10.1. The minimum Gasteiger partial charge on any atom is -0.493 e. The first-order chi connectivity index (χ1) is 9.66. The summed E-state index contributed by atoms with van der Waals surface area (Å²) in [7, 11) is 0. The number of nitrogens with two attached hydrogens (primary N) is 1. The van der Waals surface area contributed by atoms with E-state index < -0.39 is 0 Å². The van der Waals surface area contributed by atoms with E-state index in [1.54, 1.807) is 0 Å². The lowest BCUT2D eigenvalue weighted by Gasteiger charge is -2.14. The lowest BCUT2D eigenvalue weighted by Crippen LogP contribution is -2.09. The number of rotatable bonds is 6. The molecule has 2 aromatic rings. The third-order valence-corrected chi connectivity index (χ3v) is 3.37. The van der Waals surface area contributed by atoms with E-state index in [1.165, 1.54) is 11.1 Å². The molecule has 2 heteroatoms. The Morgan fingerprint density at radius 2 is 1.85 bits per heavy atom. The van der Waals surface area contributed by atoms with Crippen molar-refractivity contribution >= 4 is 0 Å². The van der Waals surface area contributed by atoms with Crippen LogP contribution in [0, 0.1) is 6.92 Å². The Hall–Kier alpha value is -1.80. The summed E-state index contributed by atoms with van der Waals surface area (Å²) in [6.45, 7) is 4.79. The minimum atomic E-state index is -0.000904. The summed E-state index contributed by atoms with van der Waals surface area (Å²) in [4.78, 5) is 0. The summed E-state index contributed by atoms with van der Waals surface area (Å²) in [5.41, 5.74) is 9.66. The number of hydrogen-bond donors (Lipinski definition) is 1. The van der Waals surface area contributed by atoms with E-state index in [4.69, 9.17) is 10.5 Å². The van der Waals surface area contributed by atoms with Gasteiger partial charge in [-0.25, -0.2) is 0 Å². The van der Waals surface area contributed by atoms with Crippen LogP contribution in [-0.2, 0) is 6.42 Å². The average Bonchev–Trinajstić information content (AvgIpc) is 2.45. The highest BCUT2D eigenvalue weighted by molar-refractivity contribution is 5.38. The molecule has 0 aromatic heterocycles. The SMILES string of the molecule is Cc1ccc(OCCCc2ccccc2)c([C@H](C)N)c1. The highest BCUT2D eigenvalue weighted by Crippen LogP contribution is 2.25. The molecule has 1 atom stereocenters. The number of hydrogen-bond acceptors (Lipinski definition) is 2. The predicted molar refractivity (Wildman–Crippen MR) is 84.0 cm³/mol. The van der Waals surface area contributed by atoms with Gasteiger partial charge in [0.2, 0.25) is 0 Å². The van der Waals surface area contributed by atoms with Gasteiger partial charge in [0.05, 0.1) is 6.61 Å². The van der Waals surface area contributed by atoms with E-state index in [0.29, 0.717) is 0 Å². The molecule has 0 radical (unpaired) electrons. The van der Waals surface area contributed by atoms with Crippen molar-refractivity contribution in [3.63, 3.8) is 0 Å². The molecule has 0 amide bonds. The van der Waals surface area contributed by atoms with Crippen molar-refractivity contribution in [1.82, 2.24) is 0 Å². The smallest absolute Gasteiger partial charge is 0.124 e. The lowest BCUT2D eigenvalue weighted by molar-refractivity contribution is 0.306. The molecule has 2 rings (SSSR count). The van der Waals surface area contributed by atoms with Crippen LogP contribution in [0.25, 0.3) is 0 Å². The molecular formula is C18H23NO. The summed E-state index contributed by atoms with van der Waals surface area (Å²) < 4.78 is 5.90. The third-order valence-electron chi connectivity index (χ3n) is 3.37. The second-order valence-electron chi connectivity index (χ2n) is 5.27. The van der Waals surface area contributed by atoms with Crippen molar-refractivity contribution in [2.45, 2.75) is 32.7 Å². The van der Waals surface area contributed by atoms with Crippen LogP contribution >= 0.6 is 0 Å². The molecule has 0 fully saturated rings. The maximum absolute atomic E-state index is 6.00. The van der Waals surface area contributed by atoms with Gasteiger partial charge in [-0.05, 0) is 38.3 Å². The molecule has 0 bridgehead atoms. The molecule has 0 heterocycles. The monoisotopic (exact) mass is 269 g/mol. The molecule has 0 spiro atoms. The Morgan fingerprint density at radius 1 is 1.10 bits per heavy atom. The van der Waals surface area contributed by atoms with E-state index in [1.807, 2.05) is 19.1 Å². The first kappa shape index (κ1) is 14.6. The average molecular weight is 269 g/mol. The van der Waals surface area contributed by atoms with E-state index in [2.05, 4.69) is 43.3 Å². The Labute approximate surface area is 121 Å². The third kappa shape index (κ3) is 4.10. The molecule has 2 nitrogen and oxygen atoms in total. The zero-order chi connectivity index (χ0) is 14.4. The molecule has 2 aromatic carbocycles. The van der Waals surface area contributed by atoms with Crippen LogP contribution < -0.4 is 10.5 Å². The maximum Gasteiger partial charge on any atom is 0.124 e. The van der Waals surface area contributed by atoms with Gasteiger partial charge in [-0.15, -0.1) is 0 Å². The zero-order valence-corrected chi connectivity index (χ0v) is 12.3. The van der Waals surface area contributed by atoms with Crippen molar-refractivity contribution in [2.24, 2.45) is 5.73 Å². The molecule has 20 heavy (non-hydrogen) atoms. The van der Waals surface area contributed by atoms with Crippen molar-refractivity contribution in [1.29, 1.82) is 0 Å². The summed E-state index contributed by atoms with van der Waals surface area (Å²) in [5, 5.41) is 0. The standard InChI is InChI=1S/C18H23NO/c1-14-10-11-18(17(13-14)15(2)19)20-12-6-9-16-7-4-3-5-8-16/h3-5,7-8,10-11,13,15H,6,9,12,19H2,1-2H3/t15-/m0/s1. The molecule has 0 unspecified atom stereocenters. The molecule has 0 saturated heterocycles. The van der Waals surface area contributed by atoms with Gasteiger partial charge in [-0.3, -0.25) is 0 Å². The number of aryl methyl sites for hydroxylation is 2. The molecule has 0 saturated carbocycles. The van der Waals surface area contributed by atoms with Crippen LogP contribution in [0.1, 0.15) is 36.1 Å². The summed E-state index contributed by atoms with van der Waals surface area (Å²) in [6, 6.07) is 16.7. The first-order valence-corrected chi connectivity index (χ1v) is 7.19. The summed E-state index contributed by atoms with van der Waals surface area (Å²) in [5.74, 6) is 0.915. The first-order valence-electron chi connectivity index (χ1n) is 7.19. The van der Waals surface area contributed by atoms with E-state index >= 15 is 0 Å². The highest BCUT2D eigenvalue weighted by Gasteiger charge is 2.08. The van der Waals surface area contributed by atoms with Crippen molar-refractivity contribution < 1.29 is 4.74 Å². The van der Waals surface area contributed by atoms with Crippen LogP contribution in [0.4, 0.5) is 0 Å². The van der Waals surface area contributed by atoms with E-state index in [9.17, 15) is 0 Å². The molecule has 0 aliphatic rings. The Bertz CT molecular complexity index is 534. The van der Waals surface area contributed by atoms with Crippen LogP contribution in [0.15, 0.2) is 48.5 Å². The topological polar surface area (TPSA) is 35.2 Å². The van der Waals surface area contributed by atoms with Crippen molar-refractivity contribution in [2.75, 3.05) is 6.61 Å². The summed E-state index contributed by atoms with van der Waals surface area (Å²) >= 11 is 0. The highest BCUT2D eigenvalue weighted by atomic mass is 16.5. The normalized spacial score (nSPS) is 12.2. The second kappa shape index (κ2) is 7.11. The van der Waals surface area contributed by atoms with Gasteiger partial charge in [0.15, 0.2) is 0 Å². The predicted octanol–water partition coefficient (Wildman–Crippen LogP) is 4.03. The van der Waals surface area contributed by atoms with Gasteiger partial charge in [0, 0.05) is 11.6 Å². The fourth-order valence-corrected chi connectivity index (χ4v) is 2.26. The fraction of sp³-hybridized carbons (Fsp3) is 0.333. The Morgan fingerprint density at radius 3 is 2.55 bits per heavy atom. The molecule has 0 aliphatic carbocycles. The van der Waals surface area contributed by atoms with Crippen LogP contribution in [0.3, 0.4) is 0 Å². The van der Waals surface area contributed by atoms with E-state index in [-0.39, 0.29) is 6.04 Å². The van der Waals surface area contributed by atoms with Crippen LogP contribution in [-0.4, -0.2) is 6.61 Å².